The zero-order chi connectivity index (χ0) is 22.4. The number of thiophene rings is 1. The average molecular weight is 527 g/mol. The Balaban J connectivity index is 1.68. The lowest BCUT2D eigenvalue weighted by molar-refractivity contribution is -0.117. The molecule has 0 unspecified atom stereocenters. The van der Waals surface area contributed by atoms with Gasteiger partial charge in [-0.15, -0.1) is 11.3 Å². The van der Waals surface area contributed by atoms with Gasteiger partial charge in [-0.25, -0.2) is 4.98 Å². The summed E-state index contributed by atoms with van der Waals surface area (Å²) in [4.78, 5) is 33.1. The Morgan fingerprint density at radius 2 is 2.03 bits per heavy atom. The van der Waals surface area contributed by atoms with Gasteiger partial charge in [0.25, 0.3) is 5.91 Å². The van der Waals surface area contributed by atoms with Gasteiger partial charge in [0.05, 0.1) is 33.8 Å². The van der Waals surface area contributed by atoms with Crippen molar-refractivity contribution in [3.8, 4) is 5.75 Å². The molecule has 0 radical (unpaired) electrons. The molecule has 1 amide bonds. The first-order valence-corrected chi connectivity index (χ1v) is 12.0. The number of halogens is 1. The van der Waals surface area contributed by atoms with Crippen LogP contribution >= 0.6 is 38.6 Å². The maximum Gasteiger partial charge on any atom is 0.296 e. The van der Waals surface area contributed by atoms with E-state index in [4.69, 9.17) is 4.74 Å². The highest BCUT2D eigenvalue weighted by Crippen LogP contribution is 2.45. The number of carbonyl (C=O) groups is 2. The van der Waals surface area contributed by atoms with Crippen molar-refractivity contribution >= 4 is 65.6 Å². The number of thiazole rings is 1. The van der Waals surface area contributed by atoms with Crippen LogP contribution in [0.5, 0.6) is 5.75 Å². The smallest absolute Gasteiger partial charge is 0.296 e. The van der Waals surface area contributed by atoms with Gasteiger partial charge in [0, 0.05) is 4.47 Å². The fourth-order valence-corrected chi connectivity index (χ4v) is 5.81. The molecule has 0 saturated heterocycles. The van der Waals surface area contributed by atoms with Crippen molar-refractivity contribution < 1.29 is 19.4 Å². The quantitative estimate of drug-likeness (QED) is 0.327. The summed E-state index contributed by atoms with van der Waals surface area (Å²) in [6.07, 6.45) is 0. The first kappa shape index (κ1) is 20.9. The number of hydrogen-bond donors (Lipinski definition) is 1. The number of benzene rings is 2. The first-order chi connectivity index (χ1) is 15.5. The minimum atomic E-state index is -0.808. The van der Waals surface area contributed by atoms with Crippen molar-refractivity contribution in [1.82, 2.24) is 4.98 Å². The largest absolute Gasteiger partial charge is 0.503 e. The SMILES string of the molecule is COc1ccc2nc(N3C(=O)C(O)=C(C(=O)c4cccs4)[C@H]3c3cccc(Br)c3)sc2c1. The van der Waals surface area contributed by atoms with Gasteiger partial charge in [0.15, 0.2) is 10.9 Å². The molecular formula is C23H15BrN2O4S2. The van der Waals surface area contributed by atoms with Crippen LogP contribution in [-0.2, 0) is 4.79 Å². The van der Waals surface area contributed by atoms with E-state index in [0.717, 1.165) is 9.17 Å². The second kappa shape index (κ2) is 8.16. The highest BCUT2D eigenvalue weighted by Gasteiger charge is 2.46. The monoisotopic (exact) mass is 526 g/mol. The molecule has 5 rings (SSSR count). The number of Topliss-reactive ketones (excluding diaryl/α,β-unsaturated/α-hetero) is 1. The molecule has 0 aliphatic carbocycles. The molecule has 32 heavy (non-hydrogen) atoms. The standard InChI is InChI=1S/C23H15BrN2O4S2/c1-30-14-7-8-15-17(11-14)32-23(25-15)26-19(12-4-2-5-13(24)10-12)18(21(28)22(26)29)20(27)16-6-3-9-31-16/h2-11,19,28H,1H3/t19-/m1/s1. The van der Waals surface area contributed by atoms with E-state index in [9.17, 15) is 14.7 Å². The van der Waals surface area contributed by atoms with Gasteiger partial charge in [-0.05, 0) is 47.3 Å². The van der Waals surface area contributed by atoms with Crippen LogP contribution in [0.25, 0.3) is 10.2 Å². The summed E-state index contributed by atoms with van der Waals surface area (Å²) in [5, 5.41) is 13.0. The molecular weight excluding hydrogens is 512 g/mol. The summed E-state index contributed by atoms with van der Waals surface area (Å²) in [6.45, 7) is 0. The predicted octanol–water partition coefficient (Wildman–Crippen LogP) is 5.91. The molecule has 2 aromatic carbocycles. The van der Waals surface area contributed by atoms with E-state index in [2.05, 4.69) is 20.9 Å². The van der Waals surface area contributed by atoms with E-state index >= 15 is 0 Å². The molecule has 0 saturated carbocycles. The molecule has 0 spiro atoms. The highest BCUT2D eigenvalue weighted by atomic mass is 79.9. The predicted molar refractivity (Wildman–Crippen MR) is 129 cm³/mol. The van der Waals surface area contributed by atoms with E-state index in [1.165, 1.54) is 27.6 Å². The number of methoxy groups -OCH3 is 1. The fourth-order valence-electron chi connectivity index (χ4n) is 3.69. The van der Waals surface area contributed by atoms with Crippen LogP contribution in [0.4, 0.5) is 5.13 Å². The second-order valence-corrected chi connectivity index (χ2v) is 9.90. The molecule has 6 nitrogen and oxygen atoms in total. The number of nitrogens with zero attached hydrogens (tertiary/aromatic N) is 2. The number of ketones is 1. The fraction of sp³-hybridized carbons (Fsp3) is 0.0870. The Bertz CT molecular complexity index is 1390. The lowest BCUT2D eigenvalue weighted by Crippen LogP contribution is -2.30. The number of carbonyl (C=O) groups excluding carboxylic acids is 2. The summed E-state index contributed by atoms with van der Waals surface area (Å²) in [7, 11) is 1.58. The van der Waals surface area contributed by atoms with Gasteiger partial charge in [0.2, 0.25) is 5.78 Å². The zero-order valence-corrected chi connectivity index (χ0v) is 19.8. The number of ether oxygens (including phenoxy) is 1. The summed E-state index contributed by atoms with van der Waals surface area (Å²) in [6, 6.07) is 15.4. The third-order valence-electron chi connectivity index (χ3n) is 5.15. The number of aliphatic hydroxyl groups excluding tert-OH is 1. The summed E-state index contributed by atoms with van der Waals surface area (Å²) in [5.74, 6) is -0.897. The first-order valence-electron chi connectivity index (χ1n) is 9.53. The Hall–Kier alpha value is -3.01. The Morgan fingerprint density at radius 1 is 1.19 bits per heavy atom. The van der Waals surface area contributed by atoms with Crippen molar-refractivity contribution in [3.05, 3.63) is 86.2 Å². The lowest BCUT2D eigenvalue weighted by atomic mass is 9.96. The average Bonchev–Trinajstić information content (AvgIpc) is 3.51. The van der Waals surface area contributed by atoms with Crippen molar-refractivity contribution in [1.29, 1.82) is 0 Å². The number of anilines is 1. The molecule has 9 heteroatoms. The molecule has 160 valence electrons. The molecule has 1 N–H and O–H groups in total. The second-order valence-electron chi connectivity index (χ2n) is 7.03. The van der Waals surface area contributed by atoms with Gasteiger partial charge >= 0.3 is 0 Å². The van der Waals surface area contributed by atoms with Gasteiger partial charge in [-0.2, -0.15) is 0 Å². The zero-order valence-electron chi connectivity index (χ0n) is 16.6. The number of aliphatic hydroxyl groups is 1. The molecule has 4 aromatic rings. The van der Waals surface area contributed by atoms with Crippen LogP contribution in [0.1, 0.15) is 21.3 Å². The van der Waals surface area contributed by atoms with Crippen molar-refractivity contribution in [2.24, 2.45) is 0 Å². The van der Waals surface area contributed by atoms with Gasteiger partial charge in [0.1, 0.15) is 5.75 Å². The Labute approximate surface area is 199 Å². The minimum Gasteiger partial charge on any atom is -0.503 e. The van der Waals surface area contributed by atoms with Crippen LogP contribution < -0.4 is 9.64 Å². The van der Waals surface area contributed by atoms with Crippen LogP contribution in [0.15, 0.2) is 75.8 Å². The van der Waals surface area contributed by atoms with Gasteiger partial charge in [-0.3, -0.25) is 14.5 Å². The summed E-state index contributed by atoms with van der Waals surface area (Å²) < 4.78 is 6.92. The lowest BCUT2D eigenvalue weighted by Gasteiger charge is -2.24. The Kier molecular flexibility index (Phi) is 5.32. The highest BCUT2D eigenvalue weighted by molar-refractivity contribution is 9.10. The van der Waals surface area contributed by atoms with E-state index in [0.29, 0.717) is 26.8 Å². The van der Waals surface area contributed by atoms with Crippen molar-refractivity contribution in [2.45, 2.75) is 6.04 Å². The molecule has 3 heterocycles. The van der Waals surface area contributed by atoms with Crippen LogP contribution in [0.2, 0.25) is 0 Å². The number of amides is 1. The number of rotatable bonds is 5. The molecule has 0 fully saturated rings. The molecule has 1 aliphatic heterocycles. The summed E-state index contributed by atoms with van der Waals surface area (Å²) in [5.41, 5.74) is 1.44. The van der Waals surface area contributed by atoms with Crippen LogP contribution in [-0.4, -0.2) is 28.9 Å². The van der Waals surface area contributed by atoms with Crippen molar-refractivity contribution in [3.63, 3.8) is 0 Å². The van der Waals surface area contributed by atoms with Gasteiger partial charge in [-0.1, -0.05) is 45.5 Å². The normalized spacial score (nSPS) is 16.2. The maximum atomic E-state index is 13.3. The third-order valence-corrected chi connectivity index (χ3v) is 7.53. The van der Waals surface area contributed by atoms with E-state index in [1.54, 1.807) is 30.7 Å². The molecule has 1 aliphatic rings. The summed E-state index contributed by atoms with van der Waals surface area (Å²) >= 11 is 6.03. The molecule has 1 atom stereocenters. The number of hydrogen-bond acceptors (Lipinski definition) is 7. The van der Waals surface area contributed by atoms with Crippen LogP contribution in [0.3, 0.4) is 0 Å². The van der Waals surface area contributed by atoms with Crippen molar-refractivity contribution in [2.75, 3.05) is 12.0 Å². The van der Waals surface area contributed by atoms with E-state index in [1.807, 2.05) is 36.4 Å². The number of fused-ring (bicyclic) bond motifs is 1. The van der Waals surface area contributed by atoms with Gasteiger partial charge < -0.3 is 9.84 Å². The maximum absolute atomic E-state index is 13.3. The van der Waals surface area contributed by atoms with Crippen LogP contribution in [0, 0.1) is 0 Å². The van der Waals surface area contributed by atoms with E-state index in [-0.39, 0.29) is 11.4 Å². The molecule has 0 bridgehead atoms. The minimum absolute atomic E-state index is 0.0485. The van der Waals surface area contributed by atoms with E-state index < -0.39 is 17.7 Å². The molecule has 2 aromatic heterocycles. The topological polar surface area (TPSA) is 79.7 Å². The Morgan fingerprint density at radius 3 is 2.75 bits per heavy atom. The third kappa shape index (κ3) is 3.42. The number of aromatic nitrogens is 1.